The van der Waals surface area contributed by atoms with E-state index in [-0.39, 0.29) is 0 Å². The lowest BCUT2D eigenvalue weighted by Gasteiger charge is -2.25. The summed E-state index contributed by atoms with van der Waals surface area (Å²) in [4.78, 5) is 2.52. The first-order chi connectivity index (χ1) is 7.25. The number of aryl methyl sites for hydroxylation is 1. The largest absolute Gasteiger partial charge is 0.315 e. The van der Waals surface area contributed by atoms with Gasteiger partial charge in [-0.15, -0.1) is 0 Å². The average molecular weight is 208 g/mol. The minimum Gasteiger partial charge on any atom is -0.315 e. The highest BCUT2D eigenvalue weighted by atomic mass is 15.2. The van der Waals surface area contributed by atoms with Gasteiger partial charge in [-0.25, -0.2) is 0 Å². The van der Waals surface area contributed by atoms with E-state index in [1.54, 1.807) is 0 Å². The molecule has 1 N–H and O–H groups in total. The summed E-state index contributed by atoms with van der Waals surface area (Å²) < 4.78 is 1.87. The van der Waals surface area contributed by atoms with E-state index in [1.807, 2.05) is 17.9 Å². The standard InChI is InChI=1S/C11H20N4/c1-10-3-4-12-5-6-15(10)9-11-7-13-14(2)8-11/h7-8,10,12H,3-6,9H2,1-2H3. The van der Waals surface area contributed by atoms with Crippen molar-refractivity contribution in [1.82, 2.24) is 20.0 Å². The molecule has 0 aromatic carbocycles. The fourth-order valence-corrected chi connectivity index (χ4v) is 2.08. The second kappa shape index (κ2) is 4.77. The summed E-state index contributed by atoms with van der Waals surface area (Å²) in [5.41, 5.74) is 1.31. The fourth-order valence-electron chi connectivity index (χ4n) is 2.08. The molecular formula is C11H20N4. The Morgan fingerprint density at radius 1 is 1.53 bits per heavy atom. The Bertz CT molecular complexity index is 307. The Morgan fingerprint density at radius 2 is 2.40 bits per heavy atom. The van der Waals surface area contributed by atoms with E-state index in [2.05, 4.69) is 28.4 Å². The van der Waals surface area contributed by atoms with Crippen molar-refractivity contribution < 1.29 is 0 Å². The van der Waals surface area contributed by atoms with Gasteiger partial charge in [-0.2, -0.15) is 5.10 Å². The first kappa shape index (κ1) is 10.6. The van der Waals surface area contributed by atoms with Gasteiger partial charge < -0.3 is 5.32 Å². The van der Waals surface area contributed by atoms with Crippen LogP contribution in [0.1, 0.15) is 18.9 Å². The predicted octanol–water partition coefficient (Wildman–Crippen LogP) is 0.604. The van der Waals surface area contributed by atoms with Crippen molar-refractivity contribution in [2.75, 3.05) is 19.6 Å². The Labute approximate surface area is 91.3 Å². The quantitative estimate of drug-likeness (QED) is 0.773. The van der Waals surface area contributed by atoms with Crippen LogP contribution in [-0.4, -0.2) is 40.4 Å². The second-order valence-electron chi connectivity index (χ2n) is 4.38. The molecular weight excluding hydrogens is 188 g/mol. The van der Waals surface area contributed by atoms with Crippen molar-refractivity contribution in [3.05, 3.63) is 18.0 Å². The van der Waals surface area contributed by atoms with Crippen LogP contribution < -0.4 is 5.32 Å². The van der Waals surface area contributed by atoms with Gasteiger partial charge in [-0.3, -0.25) is 9.58 Å². The molecule has 1 aliphatic rings. The van der Waals surface area contributed by atoms with Crippen molar-refractivity contribution in [1.29, 1.82) is 0 Å². The number of nitrogens with zero attached hydrogens (tertiary/aromatic N) is 3. The van der Waals surface area contributed by atoms with Crippen molar-refractivity contribution >= 4 is 0 Å². The van der Waals surface area contributed by atoms with Crippen molar-refractivity contribution in [2.24, 2.45) is 7.05 Å². The SMILES string of the molecule is CC1CCNCCN1Cc1cnn(C)c1. The van der Waals surface area contributed by atoms with E-state index in [0.717, 1.165) is 26.2 Å². The van der Waals surface area contributed by atoms with Crippen LogP contribution in [0, 0.1) is 0 Å². The molecule has 0 bridgehead atoms. The minimum atomic E-state index is 0.667. The molecule has 2 rings (SSSR count). The molecule has 0 radical (unpaired) electrons. The van der Waals surface area contributed by atoms with Gasteiger partial charge in [0.1, 0.15) is 0 Å². The zero-order valence-electron chi connectivity index (χ0n) is 9.61. The van der Waals surface area contributed by atoms with Crippen LogP contribution in [0.25, 0.3) is 0 Å². The van der Waals surface area contributed by atoms with Crippen LogP contribution in [0.3, 0.4) is 0 Å². The predicted molar refractivity (Wildman–Crippen MR) is 60.6 cm³/mol. The van der Waals surface area contributed by atoms with Crippen LogP contribution in [0.15, 0.2) is 12.4 Å². The summed E-state index contributed by atoms with van der Waals surface area (Å²) in [6.45, 7) is 6.71. The first-order valence-corrected chi connectivity index (χ1v) is 5.68. The normalized spacial score (nSPS) is 24.0. The van der Waals surface area contributed by atoms with Crippen molar-refractivity contribution in [2.45, 2.75) is 25.9 Å². The Balaban J connectivity index is 1.97. The number of hydrogen-bond acceptors (Lipinski definition) is 3. The van der Waals surface area contributed by atoms with Gasteiger partial charge in [-0.05, 0) is 19.9 Å². The first-order valence-electron chi connectivity index (χ1n) is 5.68. The summed E-state index contributed by atoms with van der Waals surface area (Å²) in [7, 11) is 1.97. The lowest BCUT2D eigenvalue weighted by molar-refractivity contribution is 0.211. The van der Waals surface area contributed by atoms with Crippen LogP contribution in [-0.2, 0) is 13.6 Å². The number of rotatable bonds is 2. The lowest BCUT2D eigenvalue weighted by Crippen LogP contribution is -2.33. The van der Waals surface area contributed by atoms with Crippen LogP contribution in [0.5, 0.6) is 0 Å². The smallest absolute Gasteiger partial charge is 0.0534 e. The van der Waals surface area contributed by atoms with Crippen LogP contribution in [0.2, 0.25) is 0 Å². The van der Waals surface area contributed by atoms with Gasteiger partial charge in [0.15, 0.2) is 0 Å². The van der Waals surface area contributed by atoms with E-state index < -0.39 is 0 Å². The average Bonchev–Trinajstić information content (AvgIpc) is 2.50. The van der Waals surface area contributed by atoms with Crippen LogP contribution in [0.4, 0.5) is 0 Å². The molecule has 4 heteroatoms. The summed E-state index contributed by atoms with van der Waals surface area (Å²) in [6.07, 6.45) is 5.30. The van der Waals surface area contributed by atoms with Gasteiger partial charge in [0.05, 0.1) is 6.20 Å². The molecule has 0 aliphatic carbocycles. The maximum absolute atomic E-state index is 4.20. The Morgan fingerprint density at radius 3 is 3.13 bits per heavy atom. The fraction of sp³-hybridized carbons (Fsp3) is 0.727. The van der Waals surface area contributed by atoms with Crippen molar-refractivity contribution in [3.63, 3.8) is 0 Å². The monoisotopic (exact) mass is 208 g/mol. The molecule has 1 aromatic heterocycles. The van der Waals surface area contributed by atoms with Gasteiger partial charge in [0.2, 0.25) is 0 Å². The number of nitrogens with one attached hydrogen (secondary N) is 1. The highest BCUT2D eigenvalue weighted by Crippen LogP contribution is 2.10. The lowest BCUT2D eigenvalue weighted by atomic mass is 10.2. The topological polar surface area (TPSA) is 33.1 Å². The number of hydrogen-bond donors (Lipinski definition) is 1. The van der Waals surface area contributed by atoms with Gasteiger partial charge in [0.25, 0.3) is 0 Å². The maximum Gasteiger partial charge on any atom is 0.0534 e. The van der Waals surface area contributed by atoms with Crippen molar-refractivity contribution in [3.8, 4) is 0 Å². The van der Waals surface area contributed by atoms with Gasteiger partial charge >= 0.3 is 0 Å². The third kappa shape index (κ3) is 2.79. The summed E-state index contributed by atoms with van der Waals surface area (Å²) in [5, 5.41) is 7.64. The molecule has 15 heavy (non-hydrogen) atoms. The molecule has 1 aliphatic heterocycles. The summed E-state index contributed by atoms with van der Waals surface area (Å²) in [6, 6.07) is 0.667. The highest BCUT2D eigenvalue weighted by Gasteiger charge is 2.16. The van der Waals surface area contributed by atoms with E-state index in [1.165, 1.54) is 12.0 Å². The molecule has 1 aromatic rings. The third-order valence-corrected chi connectivity index (χ3v) is 3.08. The molecule has 84 valence electrons. The molecule has 4 nitrogen and oxygen atoms in total. The molecule has 2 heterocycles. The Hall–Kier alpha value is -0.870. The molecule has 1 unspecified atom stereocenters. The zero-order valence-corrected chi connectivity index (χ0v) is 9.61. The molecule has 1 atom stereocenters. The summed E-state index contributed by atoms with van der Waals surface area (Å²) >= 11 is 0. The number of aromatic nitrogens is 2. The third-order valence-electron chi connectivity index (χ3n) is 3.08. The highest BCUT2D eigenvalue weighted by molar-refractivity contribution is 5.03. The van der Waals surface area contributed by atoms with E-state index in [4.69, 9.17) is 0 Å². The van der Waals surface area contributed by atoms with E-state index >= 15 is 0 Å². The molecule has 0 saturated carbocycles. The molecule has 0 amide bonds. The van der Waals surface area contributed by atoms with Gasteiger partial charge in [-0.1, -0.05) is 0 Å². The Kier molecular flexibility index (Phi) is 3.38. The second-order valence-corrected chi connectivity index (χ2v) is 4.38. The van der Waals surface area contributed by atoms with E-state index in [9.17, 15) is 0 Å². The van der Waals surface area contributed by atoms with E-state index in [0.29, 0.717) is 6.04 Å². The molecule has 0 spiro atoms. The maximum atomic E-state index is 4.20. The van der Waals surface area contributed by atoms with Crippen LogP contribution >= 0.6 is 0 Å². The molecule has 1 fully saturated rings. The zero-order chi connectivity index (χ0) is 10.7. The van der Waals surface area contributed by atoms with Gasteiger partial charge in [0, 0.05) is 44.5 Å². The minimum absolute atomic E-state index is 0.667. The summed E-state index contributed by atoms with van der Waals surface area (Å²) in [5.74, 6) is 0. The molecule has 1 saturated heterocycles.